The Hall–Kier alpha value is -1.43. The van der Waals surface area contributed by atoms with Crippen molar-refractivity contribution in [3.05, 3.63) is 63.0 Å². The maximum Gasteiger partial charge on any atom is 0.131 e. The molecule has 0 bridgehead atoms. The zero-order chi connectivity index (χ0) is 14.7. The Balaban J connectivity index is 1.78. The molecule has 3 rings (SSSR count). The molecule has 0 saturated carbocycles. The number of hydrogen-bond acceptors (Lipinski definition) is 4. The van der Waals surface area contributed by atoms with Gasteiger partial charge in [0.05, 0.1) is 0 Å². The first-order valence-electron chi connectivity index (χ1n) is 7.03. The molecule has 3 aromatic heterocycles. The van der Waals surface area contributed by atoms with Gasteiger partial charge in [-0.2, -0.15) is 0 Å². The van der Waals surface area contributed by atoms with E-state index in [2.05, 4.69) is 63.9 Å². The number of imidazole rings is 1. The molecule has 3 heterocycles. The molecule has 0 aliphatic carbocycles. The van der Waals surface area contributed by atoms with E-state index in [1.165, 1.54) is 9.75 Å². The summed E-state index contributed by atoms with van der Waals surface area (Å²) in [5, 5.41) is 7.99. The fraction of sp³-hybridized carbons (Fsp3) is 0.312. The second-order valence-electron chi connectivity index (χ2n) is 5.20. The lowest BCUT2D eigenvalue weighted by Gasteiger charge is -2.22. The van der Waals surface area contributed by atoms with Gasteiger partial charge in [-0.15, -0.1) is 22.7 Å². The monoisotopic (exact) mass is 317 g/mol. The average molecular weight is 317 g/mol. The molecule has 3 nitrogen and oxygen atoms in total. The van der Waals surface area contributed by atoms with E-state index >= 15 is 0 Å². The van der Waals surface area contributed by atoms with Crippen LogP contribution >= 0.6 is 22.7 Å². The molecule has 0 radical (unpaired) electrons. The lowest BCUT2D eigenvalue weighted by Crippen LogP contribution is -2.33. The second kappa shape index (κ2) is 6.56. The number of nitrogens with zero attached hydrogens (tertiary/aromatic N) is 2. The highest BCUT2D eigenvalue weighted by atomic mass is 32.1. The molecule has 0 fully saturated rings. The van der Waals surface area contributed by atoms with Crippen LogP contribution in [-0.4, -0.2) is 15.6 Å². The molecule has 0 saturated heterocycles. The summed E-state index contributed by atoms with van der Waals surface area (Å²) in [7, 11) is 2.05. The van der Waals surface area contributed by atoms with Crippen LogP contribution in [0.1, 0.15) is 28.5 Å². The van der Waals surface area contributed by atoms with Gasteiger partial charge in [0.15, 0.2) is 0 Å². The van der Waals surface area contributed by atoms with Gasteiger partial charge in [-0.3, -0.25) is 0 Å². The highest BCUT2D eigenvalue weighted by Gasteiger charge is 2.21. The molecule has 3 aromatic rings. The summed E-state index contributed by atoms with van der Waals surface area (Å²) in [5.41, 5.74) is 0. The first-order chi connectivity index (χ1) is 10.2. The minimum Gasteiger partial charge on any atom is -0.336 e. The third-order valence-corrected chi connectivity index (χ3v) is 5.32. The Kier molecular flexibility index (Phi) is 4.53. The van der Waals surface area contributed by atoms with Gasteiger partial charge in [0.1, 0.15) is 11.9 Å². The Morgan fingerprint density at radius 3 is 2.67 bits per heavy atom. The minimum atomic E-state index is 0.153. The van der Waals surface area contributed by atoms with Crippen LogP contribution in [0.3, 0.4) is 0 Å². The second-order valence-corrected chi connectivity index (χ2v) is 7.21. The van der Waals surface area contributed by atoms with Crippen LogP contribution in [0, 0.1) is 0 Å². The van der Waals surface area contributed by atoms with Gasteiger partial charge in [-0.05, 0) is 36.2 Å². The van der Waals surface area contributed by atoms with Gasteiger partial charge in [-0.1, -0.05) is 12.1 Å². The van der Waals surface area contributed by atoms with Crippen molar-refractivity contribution < 1.29 is 0 Å². The lowest BCUT2D eigenvalue weighted by molar-refractivity contribution is 0.479. The van der Waals surface area contributed by atoms with Crippen molar-refractivity contribution in [3.8, 4) is 0 Å². The largest absolute Gasteiger partial charge is 0.336 e. The first-order valence-corrected chi connectivity index (χ1v) is 8.79. The van der Waals surface area contributed by atoms with Crippen molar-refractivity contribution in [3.63, 3.8) is 0 Å². The molecule has 0 aromatic carbocycles. The minimum absolute atomic E-state index is 0.153. The van der Waals surface area contributed by atoms with Gasteiger partial charge in [-0.25, -0.2) is 4.98 Å². The van der Waals surface area contributed by atoms with Crippen molar-refractivity contribution in [1.29, 1.82) is 0 Å². The van der Waals surface area contributed by atoms with Crippen molar-refractivity contribution in [1.82, 2.24) is 14.9 Å². The van der Waals surface area contributed by atoms with Crippen LogP contribution in [0.4, 0.5) is 0 Å². The van der Waals surface area contributed by atoms with Crippen LogP contribution in [0.5, 0.6) is 0 Å². The molecule has 2 unspecified atom stereocenters. The van der Waals surface area contributed by atoms with Gasteiger partial charge in [0, 0.05) is 35.2 Å². The highest BCUT2D eigenvalue weighted by Crippen LogP contribution is 2.25. The summed E-state index contributed by atoms with van der Waals surface area (Å²) in [6.45, 7) is 2.24. The Morgan fingerprint density at radius 1 is 1.24 bits per heavy atom. The van der Waals surface area contributed by atoms with Crippen molar-refractivity contribution in [2.24, 2.45) is 7.05 Å². The molecule has 0 aliphatic heterocycles. The van der Waals surface area contributed by atoms with Crippen molar-refractivity contribution in [2.45, 2.75) is 25.4 Å². The van der Waals surface area contributed by atoms with E-state index in [9.17, 15) is 0 Å². The standard InChI is InChI=1S/C16H19N3S2/c1-12(11-13-5-3-9-20-13)18-15(14-6-4-10-21-14)16-17-7-8-19(16)2/h3-10,12,15,18H,11H2,1-2H3. The highest BCUT2D eigenvalue weighted by molar-refractivity contribution is 7.10. The maximum atomic E-state index is 4.53. The van der Waals surface area contributed by atoms with Crippen LogP contribution in [0.25, 0.3) is 0 Å². The molecule has 110 valence electrons. The fourth-order valence-electron chi connectivity index (χ4n) is 2.47. The van der Waals surface area contributed by atoms with Gasteiger partial charge in [0.2, 0.25) is 0 Å². The zero-order valence-corrected chi connectivity index (χ0v) is 13.8. The van der Waals surface area contributed by atoms with E-state index in [0.29, 0.717) is 6.04 Å². The lowest BCUT2D eigenvalue weighted by atomic mass is 10.1. The fourth-order valence-corrected chi connectivity index (χ4v) is 4.08. The van der Waals surface area contributed by atoms with E-state index in [4.69, 9.17) is 0 Å². The zero-order valence-electron chi connectivity index (χ0n) is 12.2. The van der Waals surface area contributed by atoms with Crippen LogP contribution in [0.2, 0.25) is 0 Å². The number of hydrogen-bond donors (Lipinski definition) is 1. The number of nitrogens with one attached hydrogen (secondary N) is 1. The first kappa shape index (κ1) is 14.5. The SMILES string of the molecule is CC(Cc1cccs1)NC(c1cccs1)c1nccn1C. The summed E-state index contributed by atoms with van der Waals surface area (Å²) in [4.78, 5) is 7.26. The van der Waals surface area contributed by atoms with Gasteiger partial charge < -0.3 is 9.88 Å². The van der Waals surface area contributed by atoms with Gasteiger partial charge >= 0.3 is 0 Å². The summed E-state index contributed by atoms with van der Waals surface area (Å²) in [6, 6.07) is 9.13. The molecule has 0 spiro atoms. The predicted octanol–water partition coefficient (Wildman–Crippen LogP) is 3.85. The number of aryl methyl sites for hydroxylation is 1. The average Bonchev–Trinajstić information content (AvgIpc) is 3.18. The molecule has 0 aliphatic rings. The maximum absolute atomic E-state index is 4.53. The summed E-state index contributed by atoms with van der Waals surface area (Å²) in [6.07, 6.45) is 4.91. The van der Waals surface area contributed by atoms with E-state index in [0.717, 1.165) is 12.2 Å². The number of rotatable bonds is 6. The van der Waals surface area contributed by atoms with E-state index in [-0.39, 0.29) is 6.04 Å². The molecule has 5 heteroatoms. The summed E-state index contributed by atoms with van der Waals surface area (Å²) in [5.74, 6) is 1.07. The van der Waals surface area contributed by atoms with Crippen LogP contribution < -0.4 is 5.32 Å². The Labute approximate surface area is 133 Å². The van der Waals surface area contributed by atoms with Crippen molar-refractivity contribution >= 4 is 22.7 Å². The van der Waals surface area contributed by atoms with Crippen molar-refractivity contribution in [2.75, 3.05) is 0 Å². The van der Waals surface area contributed by atoms with E-state index in [1.807, 2.05) is 23.7 Å². The molecular weight excluding hydrogens is 298 g/mol. The third kappa shape index (κ3) is 3.43. The third-order valence-electron chi connectivity index (χ3n) is 3.48. The quantitative estimate of drug-likeness (QED) is 0.748. The number of aromatic nitrogens is 2. The Bertz CT molecular complexity index is 656. The number of thiophene rings is 2. The molecule has 1 N–H and O–H groups in total. The molecule has 21 heavy (non-hydrogen) atoms. The molecule has 0 amide bonds. The molecular formula is C16H19N3S2. The smallest absolute Gasteiger partial charge is 0.131 e. The normalized spacial score (nSPS) is 14.2. The molecule has 2 atom stereocenters. The summed E-state index contributed by atoms with van der Waals surface area (Å²) < 4.78 is 2.09. The van der Waals surface area contributed by atoms with E-state index in [1.54, 1.807) is 11.3 Å². The topological polar surface area (TPSA) is 29.9 Å². The van der Waals surface area contributed by atoms with Crippen LogP contribution in [0.15, 0.2) is 47.4 Å². The predicted molar refractivity (Wildman–Crippen MR) is 90.0 cm³/mol. The summed E-state index contributed by atoms with van der Waals surface area (Å²) >= 11 is 3.59. The Morgan fingerprint density at radius 2 is 2.05 bits per heavy atom. The van der Waals surface area contributed by atoms with Crippen LogP contribution in [-0.2, 0) is 13.5 Å². The van der Waals surface area contributed by atoms with E-state index < -0.39 is 0 Å². The van der Waals surface area contributed by atoms with Gasteiger partial charge in [0.25, 0.3) is 0 Å².